The molecule has 4 nitrogen and oxygen atoms in total. The largest absolute Gasteiger partial charge is 0.356 e. The number of hydrogen-bond acceptors (Lipinski definition) is 2. The molecule has 4 heteroatoms. The number of likely N-dealkylation sites (N-methyl/N-ethyl adjacent to an activating group) is 1. The molecule has 0 aliphatic carbocycles. The first-order chi connectivity index (χ1) is 11.1. The molecule has 3 rings (SSSR count). The highest BCUT2D eigenvalue weighted by Gasteiger charge is 2.12. The topological polar surface area (TPSA) is 46.4 Å². The highest BCUT2D eigenvalue weighted by molar-refractivity contribution is 5.92. The standard InChI is InChI=1S/C19H19N3O/c1-13-4-6-15(7-5-13)19-16(8-9-18(23)20-3)22-11-10-14(2)12-17(22)21-19/h4-12H,1-3H3,(H,20,23)/b9-8+. The van der Waals surface area contributed by atoms with Crippen LogP contribution in [0.25, 0.3) is 23.0 Å². The van der Waals surface area contributed by atoms with Gasteiger partial charge in [0, 0.05) is 24.9 Å². The van der Waals surface area contributed by atoms with Crippen LogP contribution in [0.4, 0.5) is 0 Å². The Morgan fingerprint density at radius 1 is 1.13 bits per heavy atom. The van der Waals surface area contributed by atoms with E-state index in [0.29, 0.717) is 0 Å². The molecular weight excluding hydrogens is 286 g/mol. The molecule has 23 heavy (non-hydrogen) atoms. The molecule has 0 saturated heterocycles. The Balaban J connectivity index is 2.20. The van der Waals surface area contributed by atoms with E-state index in [1.807, 2.05) is 35.7 Å². The maximum absolute atomic E-state index is 11.6. The zero-order valence-electron chi connectivity index (χ0n) is 13.5. The summed E-state index contributed by atoms with van der Waals surface area (Å²) in [5, 5.41) is 2.60. The van der Waals surface area contributed by atoms with Gasteiger partial charge in [0.15, 0.2) is 0 Å². The third-order valence-electron chi connectivity index (χ3n) is 3.78. The van der Waals surface area contributed by atoms with Gasteiger partial charge in [0.1, 0.15) is 5.65 Å². The second-order valence-corrected chi connectivity index (χ2v) is 5.59. The van der Waals surface area contributed by atoms with Crippen LogP contribution in [0.2, 0.25) is 0 Å². The number of benzene rings is 1. The summed E-state index contributed by atoms with van der Waals surface area (Å²) >= 11 is 0. The van der Waals surface area contributed by atoms with Crippen LogP contribution in [0.5, 0.6) is 0 Å². The molecule has 0 bridgehead atoms. The van der Waals surface area contributed by atoms with E-state index in [0.717, 1.165) is 28.2 Å². The van der Waals surface area contributed by atoms with Gasteiger partial charge >= 0.3 is 0 Å². The Morgan fingerprint density at radius 2 is 1.87 bits per heavy atom. The zero-order chi connectivity index (χ0) is 16.4. The number of aromatic nitrogens is 2. The summed E-state index contributed by atoms with van der Waals surface area (Å²) < 4.78 is 2.00. The van der Waals surface area contributed by atoms with Crippen molar-refractivity contribution in [2.45, 2.75) is 13.8 Å². The summed E-state index contributed by atoms with van der Waals surface area (Å²) in [6.45, 7) is 4.10. The lowest BCUT2D eigenvalue weighted by Crippen LogP contribution is -2.13. The molecule has 0 saturated carbocycles. The zero-order valence-corrected chi connectivity index (χ0v) is 13.5. The molecule has 1 amide bonds. The van der Waals surface area contributed by atoms with Crippen LogP contribution in [0.1, 0.15) is 16.8 Å². The lowest BCUT2D eigenvalue weighted by atomic mass is 10.1. The van der Waals surface area contributed by atoms with Gasteiger partial charge in [0.25, 0.3) is 0 Å². The number of amides is 1. The number of nitrogens with one attached hydrogen (secondary N) is 1. The van der Waals surface area contributed by atoms with Crippen LogP contribution < -0.4 is 5.32 Å². The van der Waals surface area contributed by atoms with Crippen LogP contribution in [0.3, 0.4) is 0 Å². The Kier molecular flexibility index (Phi) is 3.98. The van der Waals surface area contributed by atoms with Crippen molar-refractivity contribution in [3.63, 3.8) is 0 Å². The van der Waals surface area contributed by atoms with E-state index in [4.69, 9.17) is 4.98 Å². The van der Waals surface area contributed by atoms with Crippen molar-refractivity contribution >= 4 is 17.6 Å². The van der Waals surface area contributed by atoms with Gasteiger partial charge in [-0.25, -0.2) is 4.98 Å². The third-order valence-corrected chi connectivity index (χ3v) is 3.78. The highest BCUT2D eigenvalue weighted by Crippen LogP contribution is 2.26. The molecule has 2 heterocycles. The van der Waals surface area contributed by atoms with Crippen LogP contribution in [-0.4, -0.2) is 22.3 Å². The molecule has 0 fully saturated rings. The normalized spacial score (nSPS) is 11.3. The summed E-state index contributed by atoms with van der Waals surface area (Å²) in [7, 11) is 1.62. The lowest BCUT2D eigenvalue weighted by molar-refractivity contribution is -0.115. The number of imidazole rings is 1. The van der Waals surface area contributed by atoms with E-state index >= 15 is 0 Å². The smallest absolute Gasteiger partial charge is 0.243 e. The Morgan fingerprint density at radius 3 is 2.57 bits per heavy atom. The van der Waals surface area contributed by atoms with Crippen molar-refractivity contribution in [2.24, 2.45) is 0 Å². The van der Waals surface area contributed by atoms with Crippen LogP contribution in [-0.2, 0) is 4.79 Å². The quantitative estimate of drug-likeness (QED) is 0.754. The summed E-state index contributed by atoms with van der Waals surface area (Å²) in [4.78, 5) is 16.3. The molecule has 0 atom stereocenters. The monoisotopic (exact) mass is 305 g/mol. The van der Waals surface area contributed by atoms with Crippen molar-refractivity contribution in [3.05, 3.63) is 65.5 Å². The van der Waals surface area contributed by atoms with Crippen molar-refractivity contribution in [1.82, 2.24) is 14.7 Å². The molecule has 116 valence electrons. The Labute approximate surface area is 135 Å². The minimum atomic E-state index is -0.137. The van der Waals surface area contributed by atoms with Gasteiger partial charge in [-0.2, -0.15) is 0 Å². The van der Waals surface area contributed by atoms with E-state index in [1.54, 1.807) is 7.05 Å². The molecule has 0 spiro atoms. The molecule has 0 aliphatic rings. The van der Waals surface area contributed by atoms with E-state index in [1.165, 1.54) is 11.6 Å². The predicted octanol–water partition coefficient (Wildman–Crippen LogP) is 3.38. The van der Waals surface area contributed by atoms with Crippen LogP contribution in [0, 0.1) is 13.8 Å². The second kappa shape index (κ2) is 6.08. The number of carbonyl (C=O) groups is 1. The number of aryl methyl sites for hydroxylation is 2. The minimum absolute atomic E-state index is 0.137. The number of pyridine rings is 1. The van der Waals surface area contributed by atoms with E-state index < -0.39 is 0 Å². The van der Waals surface area contributed by atoms with Gasteiger partial charge in [0.05, 0.1) is 11.4 Å². The lowest BCUT2D eigenvalue weighted by Gasteiger charge is -2.02. The number of nitrogens with zero attached hydrogens (tertiary/aromatic N) is 2. The van der Waals surface area contributed by atoms with E-state index in [2.05, 4.69) is 36.5 Å². The molecule has 0 radical (unpaired) electrons. The summed E-state index contributed by atoms with van der Waals surface area (Å²) in [5.41, 5.74) is 6.03. The Hall–Kier alpha value is -2.88. The molecule has 1 aromatic carbocycles. The van der Waals surface area contributed by atoms with Gasteiger partial charge in [-0.05, 0) is 37.6 Å². The SMILES string of the molecule is CNC(=O)/C=C/c1c(-c2ccc(C)cc2)nc2cc(C)ccn12. The van der Waals surface area contributed by atoms with Gasteiger partial charge < -0.3 is 5.32 Å². The number of fused-ring (bicyclic) bond motifs is 1. The molecule has 3 aromatic rings. The van der Waals surface area contributed by atoms with Crippen molar-refractivity contribution in [3.8, 4) is 11.3 Å². The van der Waals surface area contributed by atoms with E-state index in [-0.39, 0.29) is 5.91 Å². The van der Waals surface area contributed by atoms with Crippen LogP contribution >= 0.6 is 0 Å². The maximum atomic E-state index is 11.6. The first kappa shape index (κ1) is 15.0. The third kappa shape index (κ3) is 3.01. The average molecular weight is 305 g/mol. The predicted molar refractivity (Wildman–Crippen MR) is 93.2 cm³/mol. The maximum Gasteiger partial charge on any atom is 0.243 e. The molecule has 0 aliphatic heterocycles. The molecular formula is C19H19N3O. The van der Waals surface area contributed by atoms with E-state index in [9.17, 15) is 4.79 Å². The van der Waals surface area contributed by atoms with Gasteiger partial charge in [-0.3, -0.25) is 9.20 Å². The van der Waals surface area contributed by atoms with Crippen LogP contribution in [0.15, 0.2) is 48.7 Å². The Bertz CT molecular complexity index is 889. The highest BCUT2D eigenvalue weighted by atomic mass is 16.1. The fourth-order valence-electron chi connectivity index (χ4n) is 2.49. The van der Waals surface area contributed by atoms with Gasteiger partial charge in [-0.15, -0.1) is 0 Å². The van der Waals surface area contributed by atoms with Crippen molar-refractivity contribution in [1.29, 1.82) is 0 Å². The minimum Gasteiger partial charge on any atom is -0.356 e. The summed E-state index contributed by atoms with van der Waals surface area (Å²) in [6, 6.07) is 12.3. The number of hydrogen-bond donors (Lipinski definition) is 1. The molecule has 2 aromatic heterocycles. The number of carbonyl (C=O) groups excluding carboxylic acids is 1. The molecule has 1 N–H and O–H groups in total. The average Bonchev–Trinajstić information content (AvgIpc) is 2.90. The summed E-state index contributed by atoms with van der Waals surface area (Å²) in [5.74, 6) is -0.137. The van der Waals surface area contributed by atoms with Gasteiger partial charge in [-0.1, -0.05) is 29.8 Å². The van der Waals surface area contributed by atoms with Crippen molar-refractivity contribution < 1.29 is 4.79 Å². The first-order valence-corrected chi connectivity index (χ1v) is 7.54. The first-order valence-electron chi connectivity index (χ1n) is 7.54. The fraction of sp³-hybridized carbons (Fsp3) is 0.158. The summed E-state index contributed by atoms with van der Waals surface area (Å²) in [6.07, 6.45) is 5.32. The van der Waals surface area contributed by atoms with Crippen molar-refractivity contribution in [2.75, 3.05) is 7.05 Å². The van der Waals surface area contributed by atoms with Gasteiger partial charge in [0.2, 0.25) is 5.91 Å². The second-order valence-electron chi connectivity index (χ2n) is 5.59. The molecule has 0 unspecified atom stereocenters. The number of rotatable bonds is 3. The fourth-order valence-corrected chi connectivity index (χ4v) is 2.49.